The van der Waals surface area contributed by atoms with Crippen molar-refractivity contribution in [3.63, 3.8) is 0 Å². The fourth-order valence-electron chi connectivity index (χ4n) is 4.50. The topological polar surface area (TPSA) is 88.6 Å². The van der Waals surface area contributed by atoms with E-state index in [1.807, 2.05) is 23.1 Å². The van der Waals surface area contributed by atoms with Crippen LogP contribution in [-0.2, 0) is 14.8 Å². The van der Waals surface area contributed by atoms with Crippen LogP contribution >= 0.6 is 11.3 Å². The number of sulfonamides is 1. The van der Waals surface area contributed by atoms with Gasteiger partial charge in [-0.05, 0) is 56.0 Å². The molecule has 2 saturated heterocycles. The summed E-state index contributed by atoms with van der Waals surface area (Å²) in [6.45, 7) is 2.17. The summed E-state index contributed by atoms with van der Waals surface area (Å²) in [6.07, 6.45) is 3.60. The second-order valence-electron chi connectivity index (χ2n) is 8.62. The fourth-order valence-corrected chi connectivity index (χ4v) is 6.70. The zero-order chi connectivity index (χ0) is 22.8. The van der Waals surface area contributed by atoms with Crippen LogP contribution in [0.15, 0.2) is 53.4 Å². The summed E-state index contributed by atoms with van der Waals surface area (Å²) in [7, 11) is -3.71. The largest absolute Gasteiger partial charge is 0.377 e. The smallest absolute Gasteiger partial charge is 0.253 e. The van der Waals surface area contributed by atoms with E-state index < -0.39 is 10.0 Å². The first-order chi connectivity index (χ1) is 16.0. The van der Waals surface area contributed by atoms with Gasteiger partial charge in [0, 0.05) is 37.7 Å². The van der Waals surface area contributed by atoms with E-state index in [0.29, 0.717) is 25.3 Å². The number of carbonyl (C=O) groups is 1. The Kier molecular flexibility index (Phi) is 6.47. The molecule has 5 rings (SSSR count). The van der Waals surface area contributed by atoms with Crippen LogP contribution in [-0.4, -0.2) is 56.6 Å². The number of nitrogens with one attached hydrogen (secondary N) is 1. The number of hydrogen-bond donors (Lipinski definition) is 1. The number of piperidine rings is 1. The number of carbonyl (C=O) groups excluding carboxylic acids is 1. The van der Waals surface area contributed by atoms with Crippen molar-refractivity contribution in [3.05, 3.63) is 59.1 Å². The van der Waals surface area contributed by atoms with E-state index in [-0.39, 0.29) is 29.4 Å². The number of aromatic nitrogens is 1. The van der Waals surface area contributed by atoms with Crippen LogP contribution in [0.4, 0.5) is 0 Å². The molecule has 2 atom stereocenters. The Balaban J connectivity index is 1.29. The lowest BCUT2D eigenvalue weighted by atomic mass is 9.98. The minimum Gasteiger partial charge on any atom is -0.377 e. The van der Waals surface area contributed by atoms with E-state index in [0.717, 1.165) is 40.9 Å². The number of para-hydroxylation sites is 1. The van der Waals surface area contributed by atoms with E-state index >= 15 is 0 Å². The van der Waals surface area contributed by atoms with Gasteiger partial charge in [0.25, 0.3) is 5.91 Å². The molecular formula is C24H27N3O4S2. The highest BCUT2D eigenvalue weighted by molar-refractivity contribution is 7.89. The Morgan fingerprint density at radius 3 is 2.85 bits per heavy atom. The molecule has 33 heavy (non-hydrogen) atoms. The lowest BCUT2D eigenvalue weighted by Crippen LogP contribution is -2.39. The molecule has 2 fully saturated rings. The standard InChI is InChI=1S/C24H27N3O4S2/c28-24(17-6-3-9-20(14-17)33(29,30)25-15-19-8-5-13-31-19)27-12-4-7-18(16-27)23-26-21-10-1-2-11-22(21)32-23/h1-3,6,9-11,14,18-19,25H,4-5,7-8,12-13,15-16H2/t18-,19+/m0/s1. The molecule has 0 aliphatic carbocycles. The van der Waals surface area contributed by atoms with Gasteiger partial charge in [-0.25, -0.2) is 18.1 Å². The molecule has 0 bridgehead atoms. The summed E-state index contributed by atoms with van der Waals surface area (Å²) < 4.78 is 34.8. The molecular weight excluding hydrogens is 458 g/mol. The van der Waals surface area contributed by atoms with Crippen molar-refractivity contribution in [2.24, 2.45) is 0 Å². The molecule has 9 heteroatoms. The van der Waals surface area contributed by atoms with Crippen molar-refractivity contribution in [3.8, 4) is 0 Å². The quantitative estimate of drug-likeness (QED) is 0.574. The van der Waals surface area contributed by atoms with Gasteiger partial charge in [-0.3, -0.25) is 4.79 Å². The summed E-state index contributed by atoms with van der Waals surface area (Å²) in [5.74, 6) is 0.0529. The SMILES string of the molecule is O=C(c1cccc(S(=O)(=O)NC[C@H]2CCCO2)c1)N1CCC[C@H](c2nc3ccccc3s2)C1. The van der Waals surface area contributed by atoms with Gasteiger partial charge in [0.1, 0.15) is 0 Å². The van der Waals surface area contributed by atoms with E-state index in [1.165, 1.54) is 12.1 Å². The summed E-state index contributed by atoms with van der Waals surface area (Å²) in [4.78, 5) is 20.0. The molecule has 3 heterocycles. The lowest BCUT2D eigenvalue weighted by Gasteiger charge is -2.32. The number of thiazole rings is 1. The van der Waals surface area contributed by atoms with Crippen LogP contribution in [0, 0.1) is 0 Å². The molecule has 0 unspecified atom stereocenters. The van der Waals surface area contributed by atoms with Gasteiger partial charge >= 0.3 is 0 Å². The highest BCUT2D eigenvalue weighted by Crippen LogP contribution is 2.33. The van der Waals surface area contributed by atoms with Crippen LogP contribution in [0.2, 0.25) is 0 Å². The van der Waals surface area contributed by atoms with Crippen molar-refractivity contribution < 1.29 is 17.9 Å². The fraction of sp³-hybridized carbons (Fsp3) is 0.417. The molecule has 0 radical (unpaired) electrons. The van der Waals surface area contributed by atoms with Crippen LogP contribution in [0.3, 0.4) is 0 Å². The zero-order valence-electron chi connectivity index (χ0n) is 18.3. The Hall–Kier alpha value is -2.33. The third-order valence-corrected chi connectivity index (χ3v) is 8.90. The minimum atomic E-state index is -3.71. The Morgan fingerprint density at radius 1 is 1.15 bits per heavy atom. The molecule has 1 N–H and O–H groups in total. The first kappa shape index (κ1) is 22.5. The number of likely N-dealkylation sites (tertiary alicyclic amines) is 1. The van der Waals surface area contributed by atoms with Gasteiger partial charge in [0.2, 0.25) is 10.0 Å². The number of hydrogen-bond acceptors (Lipinski definition) is 6. The molecule has 3 aromatic rings. The van der Waals surface area contributed by atoms with Crippen molar-refractivity contribution in [1.29, 1.82) is 0 Å². The average Bonchev–Trinajstić information content (AvgIpc) is 3.52. The predicted octanol–water partition coefficient (Wildman–Crippen LogP) is 3.77. The van der Waals surface area contributed by atoms with Crippen molar-refractivity contribution >= 4 is 37.5 Å². The molecule has 0 saturated carbocycles. The summed E-state index contributed by atoms with van der Waals surface area (Å²) in [5, 5.41) is 1.06. The molecule has 2 aliphatic rings. The number of nitrogens with zero attached hydrogens (tertiary/aromatic N) is 2. The van der Waals surface area contributed by atoms with Gasteiger partial charge < -0.3 is 9.64 Å². The predicted molar refractivity (Wildman–Crippen MR) is 128 cm³/mol. The van der Waals surface area contributed by atoms with Gasteiger partial charge in [-0.15, -0.1) is 11.3 Å². The van der Waals surface area contributed by atoms with Crippen molar-refractivity contribution in [2.45, 2.75) is 42.6 Å². The molecule has 2 aromatic carbocycles. The van der Waals surface area contributed by atoms with Crippen LogP contribution in [0.5, 0.6) is 0 Å². The zero-order valence-corrected chi connectivity index (χ0v) is 19.9. The summed E-state index contributed by atoms with van der Waals surface area (Å²) >= 11 is 1.69. The van der Waals surface area contributed by atoms with Crippen molar-refractivity contribution in [2.75, 3.05) is 26.2 Å². The third kappa shape index (κ3) is 4.96. The van der Waals surface area contributed by atoms with Gasteiger partial charge in [-0.2, -0.15) is 0 Å². The Labute approximate surface area is 197 Å². The molecule has 2 aliphatic heterocycles. The number of benzene rings is 2. The highest BCUT2D eigenvalue weighted by Gasteiger charge is 2.28. The number of amides is 1. The first-order valence-electron chi connectivity index (χ1n) is 11.4. The van der Waals surface area contributed by atoms with E-state index in [9.17, 15) is 13.2 Å². The maximum Gasteiger partial charge on any atom is 0.253 e. The van der Waals surface area contributed by atoms with Crippen LogP contribution in [0.25, 0.3) is 10.2 Å². The van der Waals surface area contributed by atoms with E-state index in [4.69, 9.17) is 9.72 Å². The Bertz CT molecular complexity index is 1220. The first-order valence-corrected chi connectivity index (χ1v) is 13.7. The monoisotopic (exact) mass is 485 g/mol. The molecule has 0 spiro atoms. The molecule has 1 amide bonds. The Morgan fingerprint density at radius 2 is 2.03 bits per heavy atom. The van der Waals surface area contributed by atoms with E-state index in [1.54, 1.807) is 23.5 Å². The highest BCUT2D eigenvalue weighted by atomic mass is 32.2. The second-order valence-corrected chi connectivity index (χ2v) is 11.5. The van der Waals surface area contributed by atoms with Crippen LogP contribution < -0.4 is 4.72 Å². The molecule has 7 nitrogen and oxygen atoms in total. The minimum absolute atomic E-state index is 0.0858. The summed E-state index contributed by atoms with van der Waals surface area (Å²) in [6, 6.07) is 14.4. The van der Waals surface area contributed by atoms with E-state index in [2.05, 4.69) is 10.8 Å². The van der Waals surface area contributed by atoms with Crippen LogP contribution in [0.1, 0.15) is 47.0 Å². The lowest BCUT2D eigenvalue weighted by molar-refractivity contribution is 0.0707. The maximum atomic E-state index is 13.3. The van der Waals surface area contributed by atoms with Gasteiger partial charge in [-0.1, -0.05) is 18.2 Å². The average molecular weight is 486 g/mol. The van der Waals surface area contributed by atoms with Crippen molar-refractivity contribution in [1.82, 2.24) is 14.6 Å². The van der Waals surface area contributed by atoms with Gasteiger partial charge in [0.05, 0.1) is 26.2 Å². The maximum absolute atomic E-state index is 13.3. The second kappa shape index (κ2) is 9.50. The number of ether oxygens (including phenoxy) is 1. The molecule has 174 valence electrons. The third-order valence-electron chi connectivity index (χ3n) is 6.28. The van der Waals surface area contributed by atoms with Gasteiger partial charge in [0.15, 0.2) is 0 Å². The number of rotatable bonds is 6. The summed E-state index contributed by atoms with van der Waals surface area (Å²) in [5.41, 5.74) is 1.38. The number of fused-ring (bicyclic) bond motifs is 1. The molecule has 1 aromatic heterocycles. The normalized spacial score (nSPS) is 21.5.